The van der Waals surface area contributed by atoms with Crippen molar-refractivity contribution in [2.24, 2.45) is 5.73 Å². The van der Waals surface area contributed by atoms with Crippen molar-refractivity contribution < 1.29 is 5.11 Å². The molecule has 0 amide bonds. The first-order chi connectivity index (χ1) is 9.31. The number of pyridine rings is 1. The zero-order chi connectivity index (χ0) is 13.5. The minimum absolute atomic E-state index is 0.0441. The summed E-state index contributed by atoms with van der Waals surface area (Å²) in [4.78, 5) is 4.09. The molecule has 0 radical (unpaired) electrons. The first-order valence-corrected chi connectivity index (χ1v) is 6.63. The van der Waals surface area contributed by atoms with E-state index in [-0.39, 0.29) is 5.92 Å². The Balaban J connectivity index is 1.96. The fourth-order valence-corrected chi connectivity index (χ4v) is 2.27. The van der Waals surface area contributed by atoms with Gasteiger partial charge in [0, 0.05) is 24.9 Å². The molecular weight excluding hydrogens is 236 g/mol. The summed E-state index contributed by atoms with van der Waals surface area (Å²) in [6, 6.07) is 14.0. The van der Waals surface area contributed by atoms with Crippen LogP contribution in [0.3, 0.4) is 0 Å². The van der Waals surface area contributed by atoms with Gasteiger partial charge in [-0.05, 0) is 30.0 Å². The van der Waals surface area contributed by atoms with E-state index in [4.69, 9.17) is 5.73 Å². The molecule has 2 aromatic rings. The summed E-state index contributed by atoms with van der Waals surface area (Å²) in [7, 11) is 0. The van der Waals surface area contributed by atoms with Gasteiger partial charge in [0.25, 0.3) is 0 Å². The van der Waals surface area contributed by atoms with Crippen LogP contribution in [0, 0.1) is 0 Å². The topological polar surface area (TPSA) is 59.1 Å². The van der Waals surface area contributed by atoms with Gasteiger partial charge in [-0.1, -0.05) is 36.4 Å². The lowest BCUT2D eigenvalue weighted by atomic mass is 9.91. The lowest BCUT2D eigenvalue weighted by Crippen LogP contribution is -2.26. The van der Waals surface area contributed by atoms with Crippen LogP contribution in [0.1, 0.15) is 23.5 Å². The molecule has 19 heavy (non-hydrogen) atoms. The molecule has 0 spiro atoms. The Kier molecular flexibility index (Phi) is 5.07. The van der Waals surface area contributed by atoms with Crippen LogP contribution in [0.4, 0.5) is 0 Å². The number of aliphatic hydroxyl groups excluding tert-OH is 1. The molecule has 2 atom stereocenters. The van der Waals surface area contributed by atoms with Gasteiger partial charge in [-0.15, -0.1) is 0 Å². The molecule has 0 bridgehead atoms. The molecule has 0 saturated carbocycles. The number of rotatable bonds is 6. The quantitative estimate of drug-likeness (QED) is 0.832. The molecule has 0 aliphatic carbocycles. The van der Waals surface area contributed by atoms with Crippen molar-refractivity contribution in [3.05, 3.63) is 66.0 Å². The van der Waals surface area contributed by atoms with E-state index in [1.54, 1.807) is 12.4 Å². The predicted molar refractivity (Wildman–Crippen MR) is 76.8 cm³/mol. The Morgan fingerprint density at radius 1 is 1.11 bits per heavy atom. The maximum atomic E-state index is 10.3. The number of aromatic nitrogens is 1. The predicted octanol–water partition coefficient (Wildman–Crippen LogP) is 2.12. The number of nitrogens with zero attached hydrogens (tertiary/aromatic N) is 1. The number of aliphatic hydroxyl groups is 1. The van der Waals surface area contributed by atoms with E-state index in [1.807, 2.05) is 30.3 Å². The summed E-state index contributed by atoms with van der Waals surface area (Å²) < 4.78 is 0. The number of hydrogen-bond acceptors (Lipinski definition) is 3. The molecule has 3 nitrogen and oxygen atoms in total. The molecule has 2 unspecified atom stereocenters. The average Bonchev–Trinajstić information content (AvgIpc) is 2.48. The summed E-state index contributed by atoms with van der Waals surface area (Å²) in [5.41, 5.74) is 8.03. The molecule has 1 aromatic heterocycles. The molecule has 0 aliphatic rings. The Bertz CT molecular complexity index is 473. The lowest BCUT2D eigenvalue weighted by molar-refractivity contribution is 0.136. The first-order valence-electron chi connectivity index (χ1n) is 6.63. The van der Waals surface area contributed by atoms with Gasteiger partial charge in [-0.2, -0.15) is 0 Å². The molecule has 2 rings (SSSR count). The van der Waals surface area contributed by atoms with Crippen LogP contribution in [0.2, 0.25) is 0 Å². The van der Waals surface area contributed by atoms with Crippen molar-refractivity contribution in [2.45, 2.75) is 24.9 Å². The monoisotopic (exact) mass is 256 g/mol. The second kappa shape index (κ2) is 7.02. The van der Waals surface area contributed by atoms with E-state index >= 15 is 0 Å². The highest BCUT2D eigenvalue weighted by atomic mass is 16.3. The molecule has 0 aliphatic heterocycles. The van der Waals surface area contributed by atoms with Crippen LogP contribution < -0.4 is 5.73 Å². The van der Waals surface area contributed by atoms with Gasteiger partial charge in [0.05, 0.1) is 6.10 Å². The van der Waals surface area contributed by atoms with Gasteiger partial charge >= 0.3 is 0 Å². The smallest absolute Gasteiger partial charge is 0.0624 e. The van der Waals surface area contributed by atoms with Crippen molar-refractivity contribution in [1.29, 1.82) is 0 Å². The molecule has 1 heterocycles. The van der Waals surface area contributed by atoms with Crippen molar-refractivity contribution in [2.75, 3.05) is 6.54 Å². The highest BCUT2D eigenvalue weighted by Crippen LogP contribution is 2.21. The molecular formula is C16H20N2O. The van der Waals surface area contributed by atoms with Gasteiger partial charge in [0.1, 0.15) is 0 Å². The molecule has 100 valence electrons. The summed E-state index contributed by atoms with van der Waals surface area (Å²) in [5.74, 6) is -0.0441. The largest absolute Gasteiger partial charge is 0.392 e. The van der Waals surface area contributed by atoms with Crippen LogP contribution in [-0.2, 0) is 6.42 Å². The van der Waals surface area contributed by atoms with E-state index in [0.717, 1.165) is 12.0 Å². The van der Waals surface area contributed by atoms with Crippen LogP contribution in [0.25, 0.3) is 0 Å². The SMILES string of the molecule is NCC(c1cccnc1)C(O)CCc1ccccc1. The van der Waals surface area contributed by atoms with Crippen LogP contribution in [0.5, 0.6) is 0 Å². The molecule has 3 heteroatoms. The second-order valence-electron chi connectivity index (χ2n) is 4.72. The maximum absolute atomic E-state index is 10.3. The van der Waals surface area contributed by atoms with Crippen molar-refractivity contribution in [3.63, 3.8) is 0 Å². The van der Waals surface area contributed by atoms with E-state index in [1.165, 1.54) is 5.56 Å². The van der Waals surface area contributed by atoms with E-state index in [0.29, 0.717) is 13.0 Å². The molecule has 1 aromatic carbocycles. The highest BCUT2D eigenvalue weighted by Gasteiger charge is 2.19. The lowest BCUT2D eigenvalue weighted by Gasteiger charge is -2.21. The molecule has 0 fully saturated rings. The van der Waals surface area contributed by atoms with Gasteiger partial charge in [0.2, 0.25) is 0 Å². The van der Waals surface area contributed by atoms with Gasteiger partial charge in [-0.3, -0.25) is 4.98 Å². The summed E-state index contributed by atoms with van der Waals surface area (Å²) >= 11 is 0. The fourth-order valence-electron chi connectivity index (χ4n) is 2.27. The van der Waals surface area contributed by atoms with Crippen LogP contribution in [-0.4, -0.2) is 22.7 Å². The van der Waals surface area contributed by atoms with Gasteiger partial charge < -0.3 is 10.8 Å². The van der Waals surface area contributed by atoms with E-state index in [2.05, 4.69) is 17.1 Å². The zero-order valence-corrected chi connectivity index (χ0v) is 10.9. The Labute approximate surface area is 114 Å². The number of benzene rings is 1. The number of hydrogen-bond donors (Lipinski definition) is 2. The van der Waals surface area contributed by atoms with Crippen LogP contribution >= 0.6 is 0 Å². The average molecular weight is 256 g/mol. The minimum Gasteiger partial charge on any atom is -0.392 e. The van der Waals surface area contributed by atoms with E-state index < -0.39 is 6.10 Å². The third-order valence-electron chi connectivity index (χ3n) is 3.40. The minimum atomic E-state index is -0.436. The first kappa shape index (κ1) is 13.7. The normalized spacial score (nSPS) is 14.0. The highest BCUT2D eigenvalue weighted by molar-refractivity contribution is 5.18. The summed E-state index contributed by atoms with van der Waals surface area (Å²) in [5, 5.41) is 10.3. The molecule has 3 N–H and O–H groups in total. The fraction of sp³-hybridized carbons (Fsp3) is 0.312. The Morgan fingerprint density at radius 2 is 1.89 bits per heavy atom. The Morgan fingerprint density at radius 3 is 2.53 bits per heavy atom. The van der Waals surface area contributed by atoms with E-state index in [9.17, 15) is 5.11 Å². The van der Waals surface area contributed by atoms with Gasteiger partial charge in [-0.25, -0.2) is 0 Å². The number of nitrogens with two attached hydrogens (primary N) is 1. The van der Waals surface area contributed by atoms with Crippen molar-refractivity contribution in [3.8, 4) is 0 Å². The summed E-state index contributed by atoms with van der Waals surface area (Å²) in [6.07, 6.45) is 4.64. The maximum Gasteiger partial charge on any atom is 0.0624 e. The van der Waals surface area contributed by atoms with Crippen molar-refractivity contribution in [1.82, 2.24) is 4.98 Å². The summed E-state index contributed by atoms with van der Waals surface area (Å²) in [6.45, 7) is 0.432. The Hall–Kier alpha value is -1.71. The van der Waals surface area contributed by atoms with Crippen LogP contribution in [0.15, 0.2) is 54.9 Å². The second-order valence-corrected chi connectivity index (χ2v) is 4.72. The van der Waals surface area contributed by atoms with Crippen molar-refractivity contribution >= 4 is 0 Å². The van der Waals surface area contributed by atoms with Gasteiger partial charge in [0.15, 0.2) is 0 Å². The molecule has 0 saturated heterocycles. The standard InChI is InChI=1S/C16H20N2O/c17-11-15(14-7-4-10-18-12-14)16(19)9-8-13-5-2-1-3-6-13/h1-7,10,12,15-16,19H,8-9,11,17H2. The third kappa shape index (κ3) is 3.88. The number of aryl methyl sites for hydroxylation is 1. The zero-order valence-electron chi connectivity index (χ0n) is 10.9. The third-order valence-corrected chi connectivity index (χ3v) is 3.40.